The van der Waals surface area contributed by atoms with Gasteiger partial charge in [-0.2, -0.15) is 13.4 Å². The third-order valence-electron chi connectivity index (χ3n) is 2.90. The number of ether oxygens (including phenoxy) is 1. The van der Waals surface area contributed by atoms with Crippen LogP contribution in [0.2, 0.25) is 0 Å². The van der Waals surface area contributed by atoms with Gasteiger partial charge in [0.2, 0.25) is 0 Å². The van der Waals surface area contributed by atoms with E-state index >= 15 is 0 Å². The SMILES string of the molecule is CS(=O)(=O)OC1C(O)[C@H](n2ccc(N)nc2=O)O[C@@H]1CO. The summed E-state index contributed by atoms with van der Waals surface area (Å²) in [6.07, 6.45) is -3.12. The van der Waals surface area contributed by atoms with Gasteiger partial charge in [-0.25, -0.2) is 4.79 Å². The maximum Gasteiger partial charge on any atom is 0.351 e. The van der Waals surface area contributed by atoms with Gasteiger partial charge >= 0.3 is 5.69 Å². The van der Waals surface area contributed by atoms with E-state index in [0.717, 1.165) is 10.8 Å². The van der Waals surface area contributed by atoms with Gasteiger partial charge in [-0.05, 0) is 6.07 Å². The molecule has 11 heteroatoms. The highest BCUT2D eigenvalue weighted by molar-refractivity contribution is 7.86. The van der Waals surface area contributed by atoms with Crippen molar-refractivity contribution >= 4 is 15.9 Å². The second-order valence-electron chi connectivity index (χ2n) is 4.55. The Kier molecular flexibility index (Phi) is 4.30. The molecule has 0 bridgehead atoms. The van der Waals surface area contributed by atoms with Crippen molar-refractivity contribution in [2.75, 3.05) is 18.6 Å². The van der Waals surface area contributed by atoms with E-state index in [1.807, 2.05) is 0 Å². The second kappa shape index (κ2) is 5.69. The first-order valence-corrected chi connectivity index (χ1v) is 7.72. The minimum atomic E-state index is -3.88. The van der Waals surface area contributed by atoms with Gasteiger partial charge < -0.3 is 20.7 Å². The Morgan fingerprint density at radius 2 is 2.24 bits per heavy atom. The number of anilines is 1. The summed E-state index contributed by atoms with van der Waals surface area (Å²) in [5.74, 6) is -0.00798. The van der Waals surface area contributed by atoms with Gasteiger partial charge in [0.05, 0.1) is 12.9 Å². The zero-order chi connectivity index (χ0) is 15.8. The van der Waals surface area contributed by atoms with Gasteiger partial charge in [0.1, 0.15) is 24.1 Å². The van der Waals surface area contributed by atoms with Gasteiger partial charge in [-0.15, -0.1) is 0 Å². The summed E-state index contributed by atoms with van der Waals surface area (Å²) in [4.78, 5) is 15.2. The molecule has 0 amide bonds. The van der Waals surface area contributed by atoms with Crippen molar-refractivity contribution in [1.82, 2.24) is 9.55 Å². The Hall–Kier alpha value is -1.53. The molecule has 4 N–H and O–H groups in total. The van der Waals surface area contributed by atoms with Gasteiger partial charge in [-0.1, -0.05) is 0 Å². The predicted molar refractivity (Wildman–Crippen MR) is 69.6 cm³/mol. The lowest BCUT2D eigenvalue weighted by Crippen LogP contribution is -2.39. The molecule has 1 fully saturated rings. The zero-order valence-corrected chi connectivity index (χ0v) is 11.8. The van der Waals surface area contributed by atoms with Crippen LogP contribution in [0.15, 0.2) is 17.1 Å². The van der Waals surface area contributed by atoms with E-state index in [-0.39, 0.29) is 5.82 Å². The highest BCUT2D eigenvalue weighted by Crippen LogP contribution is 2.31. The Morgan fingerprint density at radius 3 is 2.76 bits per heavy atom. The normalized spacial score (nSPS) is 29.7. The fourth-order valence-corrected chi connectivity index (χ4v) is 2.68. The number of hydrogen-bond acceptors (Lipinski definition) is 9. The Balaban J connectivity index is 2.33. The molecule has 0 radical (unpaired) electrons. The highest BCUT2D eigenvalue weighted by atomic mass is 32.2. The van der Waals surface area contributed by atoms with Crippen LogP contribution in [-0.2, 0) is 19.0 Å². The molecule has 2 heterocycles. The van der Waals surface area contributed by atoms with Crippen LogP contribution in [0.4, 0.5) is 5.82 Å². The van der Waals surface area contributed by atoms with E-state index < -0.39 is 47.0 Å². The van der Waals surface area contributed by atoms with Crippen molar-refractivity contribution in [2.45, 2.75) is 24.5 Å². The van der Waals surface area contributed by atoms with E-state index in [1.54, 1.807) is 0 Å². The maximum absolute atomic E-state index is 11.7. The van der Waals surface area contributed by atoms with Crippen LogP contribution >= 0.6 is 0 Å². The van der Waals surface area contributed by atoms with E-state index in [0.29, 0.717) is 0 Å². The van der Waals surface area contributed by atoms with E-state index in [4.69, 9.17) is 14.7 Å². The lowest BCUT2D eigenvalue weighted by molar-refractivity contribution is -0.0542. The van der Waals surface area contributed by atoms with Crippen LogP contribution in [0.5, 0.6) is 0 Å². The summed E-state index contributed by atoms with van der Waals surface area (Å²) in [6, 6.07) is 1.32. The first-order valence-electron chi connectivity index (χ1n) is 5.90. The molecule has 4 atom stereocenters. The quantitative estimate of drug-likeness (QED) is 0.507. The monoisotopic (exact) mass is 321 g/mol. The average Bonchev–Trinajstić information content (AvgIpc) is 2.65. The summed E-state index contributed by atoms with van der Waals surface area (Å²) in [5.41, 5.74) is 4.57. The molecule has 1 saturated heterocycles. The number of aliphatic hydroxyl groups is 2. The number of aromatic nitrogens is 2. The smallest absolute Gasteiger partial charge is 0.351 e. The largest absolute Gasteiger partial charge is 0.394 e. The van der Waals surface area contributed by atoms with E-state index in [2.05, 4.69) is 4.98 Å². The van der Waals surface area contributed by atoms with Crippen LogP contribution < -0.4 is 11.4 Å². The van der Waals surface area contributed by atoms with Gasteiger partial charge in [-0.3, -0.25) is 8.75 Å². The molecule has 118 valence electrons. The minimum Gasteiger partial charge on any atom is -0.394 e. The van der Waals surface area contributed by atoms with Crippen molar-refractivity contribution in [1.29, 1.82) is 0 Å². The van der Waals surface area contributed by atoms with Crippen molar-refractivity contribution < 1.29 is 27.6 Å². The molecule has 2 unspecified atom stereocenters. The average molecular weight is 321 g/mol. The molecule has 0 saturated carbocycles. The first-order chi connectivity index (χ1) is 9.73. The molecule has 1 aromatic rings. The topological polar surface area (TPSA) is 154 Å². The molecular weight excluding hydrogens is 306 g/mol. The number of hydrogen-bond donors (Lipinski definition) is 3. The number of nitrogens with zero attached hydrogens (tertiary/aromatic N) is 2. The number of rotatable bonds is 4. The van der Waals surface area contributed by atoms with Crippen LogP contribution in [0.25, 0.3) is 0 Å². The molecule has 10 nitrogen and oxygen atoms in total. The van der Waals surface area contributed by atoms with Gasteiger partial charge in [0, 0.05) is 6.20 Å². The Labute approximate surface area is 119 Å². The Morgan fingerprint density at radius 1 is 1.57 bits per heavy atom. The zero-order valence-electron chi connectivity index (χ0n) is 11.0. The number of aliphatic hydroxyl groups excluding tert-OH is 2. The summed E-state index contributed by atoms with van der Waals surface area (Å²) >= 11 is 0. The third-order valence-corrected chi connectivity index (χ3v) is 3.47. The molecule has 2 rings (SSSR count). The number of nitrogen functional groups attached to an aromatic ring is 1. The van der Waals surface area contributed by atoms with Crippen molar-refractivity contribution in [3.05, 3.63) is 22.7 Å². The van der Waals surface area contributed by atoms with Gasteiger partial charge in [0.25, 0.3) is 10.1 Å². The predicted octanol–water partition coefficient (Wildman–Crippen LogP) is -2.58. The highest BCUT2D eigenvalue weighted by Gasteiger charge is 2.47. The third kappa shape index (κ3) is 3.39. The molecule has 0 aromatic carbocycles. The van der Waals surface area contributed by atoms with Crippen molar-refractivity contribution in [2.24, 2.45) is 0 Å². The molecule has 1 aromatic heterocycles. The molecule has 0 aliphatic carbocycles. The fourth-order valence-electron chi connectivity index (χ4n) is 2.04. The summed E-state index contributed by atoms with van der Waals surface area (Å²) in [6.45, 7) is -0.592. The lowest BCUT2D eigenvalue weighted by Gasteiger charge is -2.18. The van der Waals surface area contributed by atoms with Crippen LogP contribution in [0.1, 0.15) is 6.23 Å². The van der Waals surface area contributed by atoms with Gasteiger partial charge in [0.15, 0.2) is 6.23 Å². The van der Waals surface area contributed by atoms with Crippen LogP contribution in [-0.4, -0.2) is 59.4 Å². The van der Waals surface area contributed by atoms with Crippen LogP contribution in [0.3, 0.4) is 0 Å². The summed E-state index contributed by atoms with van der Waals surface area (Å²) in [5, 5.41) is 19.3. The second-order valence-corrected chi connectivity index (χ2v) is 6.15. The Bertz CT molecular complexity index is 673. The summed E-state index contributed by atoms with van der Waals surface area (Å²) < 4.78 is 33.3. The fraction of sp³-hybridized carbons (Fsp3) is 0.600. The lowest BCUT2D eigenvalue weighted by atomic mass is 10.1. The van der Waals surface area contributed by atoms with E-state index in [9.17, 15) is 23.4 Å². The maximum atomic E-state index is 11.7. The molecule has 0 spiro atoms. The van der Waals surface area contributed by atoms with Crippen molar-refractivity contribution in [3.8, 4) is 0 Å². The number of nitrogens with two attached hydrogens (primary N) is 1. The standard InChI is InChI=1S/C10H15N3O7S/c1-21(17,18)20-8-5(4-14)19-9(7(8)15)13-3-2-6(11)12-10(13)16/h2-3,5,7-9,14-15H,4H2,1H3,(H2,11,12,16)/t5-,7?,8?,9-/m1/s1. The molecule has 1 aliphatic heterocycles. The molecular formula is C10H15N3O7S. The molecule has 1 aliphatic rings. The van der Waals surface area contributed by atoms with Crippen molar-refractivity contribution in [3.63, 3.8) is 0 Å². The minimum absolute atomic E-state index is 0.00798. The van der Waals surface area contributed by atoms with Crippen LogP contribution in [0, 0.1) is 0 Å². The molecule has 21 heavy (non-hydrogen) atoms. The first kappa shape index (κ1) is 15.9. The summed E-state index contributed by atoms with van der Waals surface area (Å²) in [7, 11) is -3.88. The van der Waals surface area contributed by atoms with E-state index in [1.165, 1.54) is 12.3 Å².